The number of halogens is 2. The molecule has 0 fully saturated rings. The number of aliphatic hydroxyl groups is 1. The second kappa shape index (κ2) is 5.19. The molecule has 0 aliphatic heterocycles. The van der Waals surface area contributed by atoms with Crippen LogP contribution in [0.2, 0.25) is 0 Å². The summed E-state index contributed by atoms with van der Waals surface area (Å²) in [6.45, 7) is -0.0525. The minimum atomic E-state index is -2.29. The Morgan fingerprint density at radius 1 is 1.38 bits per heavy atom. The van der Waals surface area contributed by atoms with E-state index in [-0.39, 0.29) is 12.4 Å². The lowest BCUT2D eigenvalue weighted by Gasteiger charge is -2.02. The monoisotopic (exact) mass is 204 g/mol. The molecule has 1 N–H and O–H groups in total. The Morgan fingerprint density at radius 2 is 2.15 bits per heavy atom. The molecule has 1 nitrogen and oxygen atoms in total. The normalized spacial score (nSPS) is 10.8. The summed E-state index contributed by atoms with van der Waals surface area (Å²) in [5.74, 6) is -0.200. The van der Waals surface area contributed by atoms with Gasteiger partial charge in [0.05, 0.1) is 12.4 Å². The van der Waals surface area contributed by atoms with Gasteiger partial charge in [-0.25, -0.2) is 8.78 Å². The smallest absolute Gasteiger partial charge is 0.247 e. The lowest BCUT2D eigenvalue weighted by molar-refractivity contribution is 0.177. The van der Waals surface area contributed by atoms with Gasteiger partial charge in [0.2, 0.25) is 6.43 Å². The van der Waals surface area contributed by atoms with Gasteiger partial charge in [-0.2, -0.15) is 0 Å². The maximum absolute atomic E-state index is 11.8. The maximum Gasteiger partial charge on any atom is 0.247 e. The van der Waals surface area contributed by atoms with Gasteiger partial charge >= 0.3 is 0 Å². The quantitative estimate of drug-likeness (QED) is 0.760. The van der Waals surface area contributed by atoms with Crippen LogP contribution in [0.4, 0.5) is 8.78 Å². The van der Waals surface area contributed by atoms with Gasteiger partial charge in [0.1, 0.15) is 0 Å². The van der Waals surface area contributed by atoms with E-state index in [1.807, 2.05) is 0 Å². The predicted octanol–water partition coefficient (Wildman–Crippen LogP) is 2.54. The zero-order valence-electron chi connectivity index (χ0n) is 6.91. The van der Waals surface area contributed by atoms with Crippen molar-refractivity contribution in [1.29, 1.82) is 0 Å². The number of hydrogen-bond donors (Lipinski definition) is 1. The van der Waals surface area contributed by atoms with Crippen molar-refractivity contribution in [3.05, 3.63) is 29.8 Å². The van der Waals surface area contributed by atoms with Crippen molar-refractivity contribution in [3.63, 3.8) is 0 Å². The molecule has 13 heavy (non-hydrogen) atoms. The summed E-state index contributed by atoms with van der Waals surface area (Å²) in [5, 5.41) is 8.78. The lowest BCUT2D eigenvalue weighted by Crippen LogP contribution is -1.93. The molecule has 0 aliphatic rings. The first-order valence-corrected chi connectivity index (χ1v) is 4.81. The third kappa shape index (κ3) is 3.74. The third-order valence-electron chi connectivity index (χ3n) is 1.46. The van der Waals surface area contributed by atoms with E-state index in [0.29, 0.717) is 0 Å². The van der Waals surface area contributed by atoms with Crippen molar-refractivity contribution < 1.29 is 13.9 Å². The molecular formula is C9H10F2OS. The van der Waals surface area contributed by atoms with E-state index in [0.717, 1.165) is 22.2 Å². The topological polar surface area (TPSA) is 20.2 Å². The Labute approximate surface area is 79.8 Å². The van der Waals surface area contributed by atoms with Gasteiger partial charge in [0.25, 0.3) is 0 Å². The fourth-order valence-electron chi connectivity index (χ4n) is 0.893. The van der Waals surface area contributed by atoms with Gasteiger partial charge in [-0.3, -0.25) is 0 Å². The molecule has 0 radical (unpaired) electrons. The Kier molecular flexibility index (Phi) is 4.18. The molecule has 0 bridgehead atoms. The van der Waals surface area contributed by atoms with Gasteiger partial charge < -0.3 is 5.11 Å². The highest BCUT2D eigenvalue weighted by molar-refractivity contribution is 7.99. The van der Waals surface area contributed by atoms with E-state index in [2.05, 4.69) is 0 Å². The molecule has 0 aromatic heterocycles. The number of thioether (sulfide) groups is 1. The van der Waals surface area contributed by atoms with Gasteiger partial charge in [-0.05, 0) is 17.7 Å². The van der Waals surface area contributed by atoms with Crippen molar-refractivity contribution in [1.82, 2.24) is 0 Å². The Bertz CT molecular complexity index is 266. The average Bonchev–Trinajstić information content (AvgIpc) is 2.15. The van der Waals surface area contributed by atoms with Crippen LogP contribution in [0.3, 0.4) is 0 Å². The van der Waals surface area contributed by atoms with E-state index in [1.165, 1.54) is 0 Å². The Balaban J connectivity index is 2.56. The average molecular weight is 204 g/mol. The van der Waals surface area contributed by atoms with E-state index in [4.69, 9.17) is 5.11 Å². The number of alkyl halides is 2. The Morgan fingerprint density at radius 3 is 2.77 bits per heavy atom. The number of rotatable bonds is 4. The molecule has 1 aromatic rings. The first-order valence-electron chi connectivity index (χ1n) is 3.83. The third-order valence-corrected chi connectivity index (χ3v) is 2.46. The molecule has 4 heteroatoms. The molecule has 0 unspecified atom stereocenters. The van der Waals surface area contributed by atoms with Gasteiger partial charge in [0.15, 0.2) is 0 Å². The molecule has 1 rings (SSSR count). The minimum absolute atomic E-state index is 0.0525. The Hall–Kier alpha value is -0.610. The van der Waals surface area contributed by atoms with Gasteiger partial charge in [0, 0.05) is 4.90 Å². The van der Waals surface area contributed by atoms with E-state index >= 15 is 0 Å². The highest BCUT2D eigenvalue weighted by atomic mass is 32.2. The van der Waals surface area contributed by atoms with E-state index < -0.39 is 6.43 Å². The van der Waals surface area contributed by atoms with Crippen LogP contribution in [-0.2, 0) is 6.61 Å². The zero-order chi connectivity index (χ0) is 9.68. The van der Waals surface area contributed by atoms with Crippen LogP contribution in [0.25, 0.3) is 0 Å². The van der Waals surface area contributed by atoms with Crippen LogP contribution in [0.15, 0.2) is 29.2 Å². The number of hydrogen-bond acceptors (Lipinski definition) is 2. The molecular weight excluding hydrogens is 194 g/mol. The second-order valence-electron chi connectivity index (χ2n) is 2.51. The first-order chi connectivity index (χ1) is 6.22. The summed E-state index contributed by atoms with van der Waals surface area (Å²) in [6, 6.07) is 6.98. The molecule has 0 saturated carbocycles. The highest BCUT2D eigenvalue weighted by Crippen LogP contribution is 2.21. The van der Waals surface area contributed by atoms with Crippen LogP contribution in [0.5, 0.6) is 0 Å². The van der Waals surface area contributed by atoms with Crippen LogP contribution in [0, 0.1) is 0 Å². The van der Waals surface area contributed by atoms with E-state index in [1.54, 1.807) is 24.3 Å². The van der Waals surface area contributed by atoms with Crippen molar-refractivity contribution in [2.45, 2.75) is 17.9 Å². The van der Waals surface area contributed by atoms with Crippen LogP contribution in [0.1, 0.15) is 5.56 Å². The van der Waals surface area contributed by atoms with Crippen molar-refractivity contribution in [3.8, 4) is 0 Å². The lowest BCUT2D eigenvalue weighted by atomic mass is 10.2. The summed E-state index contributed by atoms with van der Waals surface area (Å²) in [4.78, 5) is 0.770. The predicted molar refractivity (Wildman–Crippen MR) is 49.1 cm³/mol. The molecule has 0 heterocycles. The summed E-state index contributed by atoms with van der Waals surface area (Å²) in [6.07, 6.45) is -2.29. The largest absolute Gasteiger partial charge is 0.392 e. The van der Waals surface area contributed by atoms with Crippen LogP contribution in [-0.4, -0.2) is 17.3 Å². The zero-order valence-corrected chi connectivity index (χ0v) is 7.73. The van der Waals surface area contributed by atoms with Crippen LogP contribution < -0.4 is 0 Å². The molecule has 0 atom stereocenters. The number of aliphatic hydroxyl groups excluding tert-OH is 1. The summed E-state index contributed by atoms with van der Waals surface area (Å²) >= 11 is 1.10. The molecule has 72 valence electrons. The fraction of sp³-hybridized carbons (Fsp3) is 0.333. The summed E-state index contributed by atoms with van der Waals surface area (Å²) in [5.41, 5.74) is 0.749. The summed E-state index contributed by atoms with van der Waals surface area (Å²) in [7, 11) is 0. The van der Waals surface area contributed by atoms with Crippen molar-refractivity contribution in [2.75, 3.05) is 5.75 Å². The van der Waals surface area contributed by atoms with Gasteiger partial charge in [-0.15, -0.1) is 11.8 Å². The fourth-order valence-corrected chi connectivity index (χ4v) is 1.62. The standard InChI is InChI=1S/C9H10F2OS/c10-9(11)6-13-8-3-1-2-7(4-8)5-12/h1-4,9,12H,5-6H2. The molecule has 0 spiro atoms. The first kappa shape index (κ1) is 10.5. The SMILES string of the molecule is OCc1cccc(SCC(F)F)c1. The molecule has 0 amide bonds. The molecule has 0 saturated heterocycles. The maximum atomic E-state index is 11.8. The van der Waals surface area contributed by atoms with Crippen LogP contribution >= 0.6 is 11.8 Å². The number of benzene rings is 1. The van der Waals surface area contributed by atoms with Crippen molar-refractivity contribution >= 4 is 11.8 Å². The molecule has 0 aliphatic carbocycles. The minimum Gasteiger partial charge on any atom is -0.392 e. The molecule has 1 aromatic carbocycles. The van der Waals surface area contributed by atoms with Gasteiger partial charge in [-0.1, -0.05) is 12.1 Å². The second-order valence-corrected chi connectivity index (χ2v) is 3.60. The summed E-state index contributed by atoms with van der Waals surface area (Å²) < 4.78 is 23.7. The highest BCUT2D eigenvalue weighted by Gasteiger charge is 2.03. The van der Waals surface area contributed by atoms with Crippen molar-refractivity contribution in [2.24, 2.45) is 0 Å². The van der Waals surface area contributed by atoms with E-state index in [9.17, 15) is 8.78 Å².